The van der Waals surface area contributed by atoms with Crippen LogP contribution in [0.2, 0.25) is 0 Å². The zero-order valence-electron chi connectivity index (χ0n) is 15.1. The van der Waals surface area contributed by atoms with Crippen LogP contribution in [-0.2, 0) is 17.1 Å². The summed E-state index contributed by atoms with van der Waals surface area (Å²) in [5, 5.41) is 4.47. The van der Waals surface area contributed by atoms with Gasteiger partial charge in [-0.05, 0) is 41.6 Å². The van der Waals surface area contributed by atoms with E-state index in [1.807, 2.05) is 37.3 Å². The molecule has 0 aliphatic rings. The first kappa shape index (κ1) is 18.0. The number of rotatable bonds is 4. The Morgan fingerprint density at radius 2 is 1.77 bits per heavy atom. The van der Waals surface area contributed by atoms with E-state index in [2.05, 4.69) is 10.0 Å². The van der Waals surface area contributed by atoms with Gasteiger partial charge in [-0.3, -0.25) is 9.52 Å². The van der Waals surface area contributed by atoms with E-state index < -0.39 is 10.0 Å². The predicted molar refractivity (Wildman–Crippen MR) is 107 cm³/mol. The normalized spacial score (nSPS) is 11.5. The fourth-order valence-electron chi connectivity index (χ4n) is 2.95. The van der Waals surface area contributed by atoms with Crippen LogP contribution in [0.15, 0.2) is 47.4 Å². The molecule has 0 radical (unpaired) electrons. The number of sulfonamides is 1. The first-order chi connectivity index (χ1) is 12.2. The lowest BCUT2D eigenvalue weighted by molar-refractivity contribution is 0.607. The summed E-state index contributed by atoms with van der Waals surface area (Å²) in [7, 11) is 0.135. The van der Waals surface area contributed by atoms with E-state index in [1.54, 1.807) is 30.9 Å². The molecular weight excluding hydrogens is 350 g/mol. The molecule has 0 aliphatic carbocycles. The molecule has 2 aromatic carbocycles. The number of pyridine rings is 1. The first-order valence-electron chi connectivity index (χ1n) is 8.09. The van der Waals surface area contributed by atoms with Crippen LogP contribution in [0.3, 0.4) is 0 Å². The van der Waals surface area contributed by atoms with Gasteiger partial charge in [-0.25, -0.2) is 8.42 Å². The number of nitrogens with zero attached hydrogens (tertiary/aromatic N) is 1. The standard InChI is InChI=1S/C19H21N3O3S/c1-12-5-6-13(9-18(12)21-26(4,24)25)17-11-22(3)19(23)16-10-14(20-2)7-8-15(16)17/h5-11,20-21H,1-4H3. The molecule has 7 heteroatoms. The fraction of sp³-hybridized carbons (Fsp3) is 0.211. The zero-order chi connectivity index (χ0) is 19.1. The molecule has 3 aromatic rings. The van der Waals surface area contributed by atoms with Crippen molar-refractivity contribution in [1.29, 1.82) is 0 Å². The molecule has 0 saturated carbocycles. The van der Waals surface area contributed by atoms with Crippen LogP contribution in [0, 0.1) is 6.92 Å². The maximum absolute atomic E-state index is 12.5. The summed E-state index contributed by atoms with van der Waals surface area (Å²) in [4.78, 5) is 12.5. The van der Waals surface area contributed by atoms with Gasteiger partial charge in [0.1, 0.15) is 0 Å². The third-order valence-corrected chi connectivity index (χ3v) is 4.91. The number of anilines is 2. The average Bonchev–Trinajstić information content (AvgIpc) is 2.58. The van der Waals surface area contributed by atoms with Crippen molar-refractivity contribution in [2.45, 2.75) is 6.92 Å². The van der Waals surface area contributed by atoms with E-state index in [9.17, 15) is 13.2 Å². The second-order valence-electron chi connectivity index (χ2n) is 6.37. The predicted octanol–water partition coefficient (Wildman–Crippen LogP) is 2.93. The summed E-state index contributed by atoms with van der Waals surface area (Å²) in [5.74, 6) is 0. The van der Waals surface area contributed by atoms with Gasteiger partial charge in [0.15, 0.2) is 0 Å². The molecule has 0 amide bonds. The third kappa shape index (κ3) is 3.43. The molecule has 1 heterocycles. The van der Waals surface area contributed by atoms with E-state index >= 15 is 0 Å². The van der Waals surface area contributed by atoms with Gasteiger partial charge in [0.25, 0.3) is 5.56 Å². The monoisotopic (exact) mass is 371 g/mol. The van der Waals surface area contributed by atoms with Crippen LogP contribution in [-0.4, -0.2) is 26.3 Å². The molecule has 2 N–H and O–H groups in total. The highest BCUT2D eigenvalue weighted by Crippen LogP contribution is 2.31. The molecular formula is C19H21N3O3S. The highest BCUT2D eigenvalue weighted by molar-refractivity contribution is 7.92. The molecule has 1 aromatic heterocycles. The summed E-state index contributed by atoms with van der Waals surface area (Å²) in [6.07, 6.45) is 2.90. The minimum atomic E-state index is -3.38. The Morgan fingerprint density at radius 1 is 1.04 bits per heavy atom. The maximum atomic E-state index is 12.5. The molecule has 3 rings (SSSR count). The number of aromatic nitrogens is 1. The Bertz CT molecular complexity index is 1160. The van der Waals surface area contributed by atoms with Crippen molar-refractivity contribution < 1.29 is 8.42 Å². The summed E-state index contributed by atoms with van der Waals surface area (Å²) in [6.45, 7) is 1.84. The van der Waals surface area contributed by atoms with Crippen LogP contribution < -0.4 is 15.6 Å². The lowest BCUT2D eigenvalue weighted by Crippen LogP contribution is -2.16. The molecule has 0 bridgehead atoms. The van der Waals surface area contributed by atoms with Crippen LogP contribution in [0.25, 0.3) is 21.9 Å². The Labute approximate surface area is 152 Å². The van der Waals surface area contributed by atoms with Crippen LogP contribution in [0.5, 0.6) is 0 Å². The molecule has 0 aliphatic heterocycles. The summed E-state index contributed by atoms with van der Waals surface area (Å²) >= 11 is 0. The van der Waals surface area contributed by atoms with Crippen LogP contribution in [0.4, 0.5) is 11.4 Å². The summed E-state index contributed by atoms with van der Waals surface area (Å²) in [5.41, 5.74) is 3.82. The summed E-state index contributed by atoms with van der Waals surface area (Å²) in [6, 6.07) is 11.2. The first-order valence-corrected chi connectivity index (χ1v) is 9.99. The number of hydrogen-bond acceptors (Lipinski definition) is 4. The smallest absolute Gasteiger partial charge is 0.258 e. The number of aryl methyl sites for hydroxylation is 2. The van der Waals surface area contributed by atoms with Gasteiger partial charge in [0, 0.05) is 36.9 Å². The van der Waals surface area contributed by atoms with Crippen molar-refractivity contribution >= 4 is 32.2 Å². The molecule has 0 atom stereocenters. The van der Waals surface area contributed by atoms with E-state index in [4.69, 9.17) is 0 Å². The number of benzene rings is 2. The summed E-state index contributed by atoms with van der Waals surface area (Å²) < 4.78 is 27.3. The Hall–Kier alpha value is -2.80. The van der Waals surface area contributed by atoms with E-state index in [0.717, 1.165) is 34.0 Å². The lowest BCUT2D eigenvalue weighted by atomic mass is 9.98. The lowest BCUT2D eigenvalue weighted by Gasteiger charge is -2.14. The Kier molecular flexibility index (Phi) is 4.50. The van der Waals surface area contributed by atoms with Gasteiger partial charge < -0.3 is 9.88 Å². The minimum absolute atomic E-state index is 0.0811. The fourth-order valence-corrected chi connectivity index (χ4v) is 3.57. The van der Waals surface area contributed by atoms with Crippen LogP contribution in [0.1, 0.15) is 5.56 Å². The molecule has 0 saturated heterocycles. The maximum Gasteiger partial charge on any atom is 0.258 e. The molecule has 0 fully saturated rings. The van der Waals surface area contributed by atoms with Crippen molar-refractivity contribution in [3.05, 3.63) is 58.5 Å². The molecule has 6 nitrogen and oxygen atoms in total. The van der Waals surface area contributed by atoms with Crippen LogP contribution >= 0.6 is 0 Å². The quantitative estimate of drug-likeness (QED) is 0.739. The Balaban J connectivity index is 2.27. The van der Waals surface area contributed by atoms with Gasteiger partial charge in [0.2, 0.25) is 10.0 Å². The van der Waals surface area contributed by atoms with E-state index in [1.165, 1.54) is 0 Å². The van der Waals surface area contributed by atoms with Crippen molar-refractivity contribution in [2.75, 3.05) is 23.3 Å². The van der Waals surface area contributed by atoms with E-state index in [-0.39, 0.29) is 5.56 Å². The SMILES string of the molecule is CNc1ccc2c(-c3ccc(C)c(NS(C)(=O)=O)c3)cn(C)c(=O)c2c1. The largest absolute Gasteiger partial charge is 0.388 e. The molecule has 26 heavy (non-hydrogen) atoms. The van der Waals surface area contributed by atoms with Crippen molar-refractivity contribution in [3.63, 3.8) is 0 Å². The minimum Gasteiger partial charge on any atom is -0.388 e. The average molecular weight is 371 g/mol. The zero-order valence-corrected chi connectivity index (χ0v) is 15.9. The van der Waals surface area contributed by atoms with Crippen molar-refractivity contribution in [2.24, 2.45) is 7.05 Å². The second kappa shape index (κ2) is 6.49. The highest BCUT2D eigenvalue weighted by Gasteiger charge is 2.12. The van der Waals surface area contributed by atoms with Crippen molar-refractivity contribution in [3.8, 4) is 11.1 Å². The molecule has 0 spiro atoms. The number of hydrogen-bond donors (Lipinski definition) is 2. The second-order valence-corrected chi connectivity index (χ2v) is 8.12. The van der Waals surface area contributed by atoms with Gasteiger partial charge in [-0.2, -0.15) is 0 Å². The van der Waals surface area contributed by atoms with Gasteiger partial charge in [-0.15, -0.1) is 0 Å². The van der Waals surface area contributed by atoms with Crippen molar-refractivity contribution in [1.82, 2.24) is 4.57 Å². The number of nitrogens with one attached hydrogen (secondary N) is 2. The van der Waals surface area contributed by atoms with E-state index in [0.29, 0.717) is 11.1 Å². The molecule has 0 unspecified atom stereocenters. The third-order valence-electron chi connectivity index (χ3n) is 4.32. The topological polar surface area (TPSA) is 80.2 Å². The Morgan fingerprint density at radius 3 is 2.42 bits per heavy atom. The van der Waals surface area contributed by atoms with Gasteiger partial charge in [0.05, 0.1) is 11.9 Å². The number of fused-ring (bicyclic) bond motifs is 1. The van der Waals surface area contributed by atoms with Gasteiger partial charge in [-0.1, -0.05) is 18.2 Å². The molecule has 136 valence electrons. The highest BCUT2D eigenvalue weighted by atomic mass is 32.2. The van der Waals surface area contributed by atoms with Gasteiger partial charge >= 0.3 is 0 Å².